The number of nitrogens with two attached hydrogens (primary N) is 1. The zero-order valence-electron chi connectivity index (χ0n) is 9.71. The van der Waals surface area contributed by atoms with Crippen LogP contribution in [-0.4, -0.2) is 31.4 Å². The molecule has 1 unspecified atom stereocenters. The predicted octanol–water partition coefficient (Wildman–Crippen LogP) is 0.373. The number of hydrogen-bond acceptors (Lipinski definition) is 5. The monoisotopic (exact) mass is 268 g/mol. The molecule has 6 nitrogen and oxygen atoms in total. The van der Waals surface area contributed by atoms with E-state index in [4.69, 9.17) is 5.73 Å². The molecule has 96 valence electrons. The molecular formula is C11H12N2O4S. The van der Waals surface area contributed by atoms with Gasteiger partial charge in [-0.05, 0) is 6.07 Å². The SMILES string of the molecule is COC(=O)c1cc(N2CC(C(N)=O)CC2=O)cs1. The highest BCUT2D eigenvalue weighted by Gasteiger charge is 2.34. The van der Waals surface area contributed by atoms with Crippen molar-refractivity contribution < 1.29 is 19.1 Å². The lowest BCUT2D eigenvalue weighted by molar-refractivity contribution is -0.123. The topological polar surface area (TPSA) is 89.7 Å². The molecule has 0 radical (unpaired) electrons. The molecule has 7 heteroatoms. The third kappa shape index (κ3) is 2.21. The second-order valence-electron chi connectivity index (χ2n) is 3.97. The van der Waals surface area contributed by atoms with E-state index in [0.717, 1.165) is 0 Å². The first-order valence-electron chi connectivity index (χ1n) is 5.29. The fraction of sp³-hybridized carbons (Fsp3) is 0.364. The van der Waals surface area contributed by atoms with Gasteiger partial charge in [0.15, 0.2) is 0 Å². The normalized spacial score (nSPS) is 19.1. The summed E-state index contributed by atoms with van der Waals surface area (Å²) in [5, 5.41) is 1.69. The molecule has 1 aliphatic heterocycles. The van der Waals surface area contributed by atoms with Crippen LogP contribution in [0, 0.1) is 5.92 Å². The van der Waals surface area contributed by atoms with Crippen LogP contribution in [0.5, 0.6) is 0 Å². The quantitative estimate of drug-likeness (QED) is 0.802. The summed E-state index contributed by atoms with van der Waals surface area (Å²) in [5.41, 5.74) is 5.79. The first kappa shape index (κ1) is 12.6. The van der Waals surface area contributed by atoms with Gasteiger partial charge in [-0.3, -0.25) is 9.59 Å². The standard InChI is InChI=1S/C11H12N2O4S/c1-17-11(16)8-3-7(5-18-8)13-4-6(10(12)15)2-9(13)14/h3,5-6H,2,4H2,1H3,(H2,12,15). The van der Waals surface area contributed by atoms with Gasteiger partial charge in [0.25, 0.3) is 0 Å². The number of ether oxygens (including phenoxy) is 1. The van der Waals surface area contributed by atoms with Crippen LogP contribution in [-0.2, 0) is 14.3 Å². The minimum Gasteiger partial charge on any atom is -0.465 e. The summed E-state index contributed by atoms with van der Waals surface area (Å²) >= 11 is 1.20. The van der Waals surface area contributed by atoms with E-state index in [1.165, 1.54) is 23.3 Å². The van der Waals surface area contributed by atoms with Crippen molar-refractivity contribution in [2.45, 2.75) is 6.42 Å². The van der Waals surface area contributed by atoms with E-state index >= 15 is 0 Å². The van der Waals surface area contributed by atoms with Crippen LogP contribution >= 0.6 is 11.3 Å². The van der Waals surface area contributed by atoms with Gasteiger partial charge >= 0.3 is 5.97 Å². The van der Waals surface area contributed by atoms with Crippen molar-refractivity contribution in [2.24, 2.45) is 11.7 Å². The van der Waals surface area contributed by atoms with Crippen molar-refractivity contribution in [3.05, 3.63) is 16.3 Å². The molecule has 2 N–H and O–H groups in total. The number of rotatable bonds is 3. The van der Waals surface area contributed by atoms with Crippen molar-refractivity contribution in [3.8, 4) is 0 Å². The highest BCUT2D eigenvalue weighted by atomic mass is 32.1. The lowest BCUT2D eigenvalue weighted by atomic mass is 10.1. The molecule has 1 saturated heterocycles. The van der Waals surface area contributed by atoms with Crippen molar-refractivity contribution in [3.63, 3.8) is 0 Å². The second-order valence-corrected chi connectivity index (χ2v) is 4.88. The number of hydrogen-bond donors (Lipinski definition) is 1. The number of anilines is 1. The number of thiophene rings is 1. The largest absolute Gasteiger partial charge is 0.465 e. The highest BCUT2D eigenvalue weighted by Crippen LogP contribution is 2.29. The highest BCUT2D eigenvalue weighted by molar-refractivity contribution is 7.12. The molecule has 18 heavy (non-hydrogen) atoms. The maximum Gasteiger partial charge on any atom is 0.348 e. The van der Waals surface area contributed by atoms with E-state index in [-0.39, 0.29) is 18.9 Å². The van der Waals surface area contributed by atoms with E-state index in [0.29, 0.717) is 10.6 Å². The van der Waals surface area contributed by atoms with Crippen LogP contribution in [0.4, 0.5) is 5.69 Å². The molecule has 1 aromatic rings. The van der Waals surface area contributed by atoms with E-state index in [1.807, 2.05) is 0 Å². The van der Waals surface area contributed by atoms with E-state index < -0.39 is 17.8 Å². The Morgan fingerprint density at radius 3 is 2.83 bits per heavy atom. The number of esters is 1. The minimum absolute atomic E-state index is 0.124. The lowest BCUT2D eigenvalue weighted by Crippen LogP contribution is -2.28. The number of amides is 2. The maximum absolute atomic E-state index is 11.7. The van der Waals surface area contributed by atoms with Gasteiger partial charge < -0.3 is 15.4 Å². The summed E-state index contributed by atoms with van der Waals surface area (Å²) in [6, 6.07) is 1.58. The van der Waals surface area contributed by atoms with Gasteiger partial charge in [0.05, 0.1) is 18.7 Å². The van der Waals surface area contributed by atoms with Gasteiger partial charge in [0.2, 0.25) is 11.8 Å². The maximum atomic E-state index is 11.7. The van der Waals surface area contributed by atoms with E-state index in [1.54, 1.807) is 11.4 Å². The number of nitrogens with zero attached hydrogens (tertiary/aromatic N) is 1. The van der Waals surface area contributed by atoms with Crippen LogP contribution in [0.2, 0.25) is 0 Å². The fourth-order valence-electron chi connectivity index (χ4n) is 1.82. The molecule has 2 amide bonds. The smallest absolute Gasteiger partial charge is 0.348 e. The fourth-order valence-corrected chi connectivity index (χ4v) is 2.63. The van der Waals surface area contributed by atoms with Crippen LogP contribution in [0.15, 0.2) is 11.4 Å². The van der Waals surface area contributed by atoms with Crippen LogP contribution < -0.4 is 10.6 Å². The molecule has 1 aliphatic rings. The average Bonchev–Trinajstić information content (AvgIpc) is 2.94. The molecule has 1 fully saturated rings. The molecule has 0 aromatic carbocycles. The van der Waals surface area contributed by atoms with Crippen LogP contribution in [0.3, 0.4) is 0 Å². The summed E-state index contributed by atoms with van der Waals surface area (Å²) in [7, 11) is 1.30. The Morgan fingerprint density at radius 1 is 1.56 bits per heavy atom. The summed E-state index contributed by atoms with van der Waals surface area (Å²) in [6.45, 7) is 0.269. The summed E-state index contributed by atoms with van der Waals surface area (Å²) in [6.07, 6.45) is 0.124. The van der Waals surface area contributed by atoms with Gasteiger partial charge in [-0.15, -0.1) is 11.3 Å². The van der Waals surface area contributed by atoms with Gasteiger partial charge in [-0.2, -0.15) is 0 Å². The van der Waals surface area contributed by atoms with Gasteiger partial charge in [-0.1, -0.05) is 0 Å². The molecule has 0 spiro atoms. The molecule has 0 bridgehead atoms. The number of methoxy groups -OCH3 is 1. The van der Waals surface area contributed by atoms with Crippen LogP contribution in [0.25, 0.3) is 0 Å². The van der Waals surface area contributed by atoms with Gasteiger partial charge in [-0.25, -0.2) is 4.79 Å². The Kier molecular flexibility index (Phi) is 3.33. The molecule has 2 heterocycles. The first-order valence-corrected chi connectivity index (χ1v) is 6.17. The molecule has 2 rings (SSSR count). The van der Waals surface area contributed by atoms with Gasteiger partial charge in [0.1, 0.15) is 4.88 Å². The minimum atomic E-state index is -0.478. The Hall–Kier alpha value is -1.89. The lowest BCUT2D eigenvalue weighted by Gasteiger charge is -2.13. The van der Waals surface area contributed by atoms with Crippen molar-refractivity contribution in [1.82, 2.24) is 0 Å². The molecule has 1 atom stereocenters. The third-order valence-corrected chi connectivity index (χ3v) is 3.71. The summed E-state index contributed by atoms with van der Waals surface area (Å²) in [4.78, 5) is 36.0. The number of primary amides is 1. The van der Waals surface area contributed by atoms with Crippen molar-refractivity contribution in [1.29, 1.82) is 0 Å². The van der Waals surface area contributed by atoms with Crippen molar-refractivity contribution >= 4 is 34.8 Å². The molecular weight excluding hydrogens is 256 g/mol. The Balaban J connectivity index is 2.17. The van der Waals surface area contributed by atoms with Gasteiger partial charge in [0, 0.05) is 18.3 Å². The number of carbonyl (C=O) groups is 3. The summed E-state index contributed by atoms with van der Waals surface area (Å²) < 4.78 is 4.59. The molecule has 0 aliphatic carbocycles. The summed E-state index contributed by atoms with van der Waals surface area (Å²) in [5.74, 6) is -1.54. The first-order chi connectivity index (χ1) is 8.52. The average molecular weight is 268 g/mol. The second kappa shape index (κ2) is 4.77. The zero-order valence-corrected chi connectivity index (χ0v) is 10.5. The molecule has 1 aromatic heterocycles. The van der Waals surface area contributed by atoms with E-state index in [2.05, 4.69) is 4.74 Å². The Bertz CT molecular complexity index is 511. The Morgan fingerprint density at radius 2 is 2.28 bits per heavy atom. The van der Waals surface area contributed by atoms with Crippen molar-refractivity contribution in [2.75, 3.05) is 18.6 Å². The van der Waals surface area contributed by atoms with E-state index in [9.17, 15) is 14.4 Å². The zero-order chi connectivity index (χ0) is 13.3. The molecule has 0 saturated carbocycles. The predicted molar refractivity (Wildman–Crippen MR) is 65.3 cm³/mol. The Labute approximate surface area is 107 Å². The number of carbonyl (C=O) groups excluding carboxylic acids is 3. The van der Waals surface area contributed by atoms with Crippen LogP contribution in [0.1, 0.15) is 16.1 Å². The third-order valence-electron chi connectivity index (χ3n) is 2.81.